The van der Waals surface area contributed by atoms with Crippen LogP contribution in [0.3, 0.4) is 0 Å². The van der Waals surface area contributed by atoms with Crippen LogP contribution in [0.15, 0.2) is 11.6 Å². The zero-order chi connectivity index (χ0) is 17.9. The first kappa shape index (κ1) is 19.4. The summed E-state index contributed by atoms with van der Waals surface area (Å²) in [6.07, 6.45) is 4.46. The van der Waals surface area contributed by atoms with Crippen LogP contribution in [0.2, 0.25) is 0 Å². The van der Waals surface area contributed by atoms with Crippen molar-refractivity contribution < 1.29 is 25.2 Å². The van der Waals surface area contributed by atoms with E-state index in [1.807, 2.05) is 0 Å². The number of aliphatic hydroxyl groups excluding tert-OH is 3. The molecular formula is C19H32O5. The molecule has 2 aliphatic carbocycles. The van der Waals surface area contributed by atoms with Crippen LogP contribution in [0.25, 0.3) is 0 Å². The molecule has 0 heterocycles. The monoisotopic (exact) mass is 340 g/mol. The van der Waals surface area contributed by atoms with Gasteiger partial charge in [0.05, 0.1) is 24.7 Å². The summed E-state index contributed by atoms with van der Waals surface area (Å²) in [5.74, 6) is 0.633. The summed E-state index contributed by atoms with van der Waals surface area (Å²) in [6.45, 7) is 4.33. The van der Waals surface area contributed by atoms with E-state index in [9.17, 15) is 20.1 Å². The lowest BCUT2D eigenvalue weighted by Crippen LogP contribution is -2.38. The Balaban J connectivity index is 1.90. The maximum atomic E-state index is 10.6. The van der Waals surface area contributed by atoms with E-state index in [1.54, 1.807) is 0 Å². The Morgan fingerprint density at radius 1 is 1.25 bits per heavy atom. The zero-order valence-electron chi connectivity index (χ0n) is 14.8. The quantitative estimate of drug-likeness (QED) is 0.533. The lowest BCUT2D eigenvalue weighted by molar-refractivity contribution is -0.139. The van der Waals surface area contributed by atoms with Crippen molar-refractivity contribution in [3.63, 3.8) is 0 Å². The summed E-state index contributed by atoms with van der Waals surface area (Å²) < 4.78 is 0. The molecule has 24 heavy (non-hydrogen) atoms. The van der Waals surface area contributed by atoms with Crippen LogP contribution in [0.1, 0.15) is 58.8 Å². The highest BCUT2D eigenvalue weighted by molar-refractivity contribution is 5.67. The number of carboxylic acids is 1. The van der Waals surface area contributed by atoms with E-state index in [4.69, 9.17) is 5.11 Å². The third-order valence-corrected chi connectivity index (χ3v) is 5.93. The number of carboxylic acid groups (broad SMARTS) is 1. The normalized spacial score (nSPS) is 35.7. The van der Waals surface area contributed by atoms with Crippen molar-refractivity contribution in [1.29, 1.82) is 0 Å². The Morgan fingerprint density at radius 2 is 1.96 bits per heavy atom. The van der Waals surface area contributed by atoms with E-state index in [0.29, 0.717) is 24.2 Å². The molecule has 4 N–H and O–H groups in total. The molecule has 0 bridgehead atoms. The van der Waals surface area contributed by atoms with Crippen molar-refractivity contribution in [1.82, 2.24) is 0 Å². The number of fused-ring (bicyclic) bond motifs is 1. The molecule has 0 aromatic rings. The lowest BCUT2D eigenvalue weighted by atomic mass is 9.63. The van der Waals surface area contributed by atoms with E-state index < -0.39 is 24.3 Å². The van der Waals surface area contributed by atoms with Gasteiger partial charge in [-0.25, -0.2) is 0 Å². The van der Waals surface area contributed by atoms with Gasteiger partial charge in [-0.15, -0.1) is 0 Å². The fourth-order valence-corrected chi connectivity index (χ4v) is 4.54. The highest BCUT2D eigenvalue weighted by atomic mass is 16.4. The Bertz CT molecular complexity index is 461. The Morgan fingerprint density at radius 3 is 2.62 bits per heavy atom. The average molecular weight is 340 g/mol. The molecule has 1 fully saturated rings. The summed E-state index contributed by atoms with van der Waals surface area (Å²) in [6, 6.07) is 0. The molecule has 0 unspecified atom stereocenters. The minimum absolute atomic E-state index is 0.0976. The standard InChI is InChI=1S/C19H32O5/c1-11-3-5-17-13(7-11)8-18(22)12(2)16(17)6-4-14(20)9-15(21)10-19(23)24/h8,11-12,14-18,20-22H,3-7,9-10H2,1-2H3,(H,23,24)/t11-,12-,14+,15-,16+,17+,18-/m1/s1. The smallest absolute Gasteiger partial charge is 0.305 e. The van der Waals surface area contributed by atoms with Crippen molar-refractivity contribution in [3.05, 3.63) is 11.6 Å². The van der Waals surface area contributed by atoms with Gasteiger partial charge in [0.25, 0.3) is 0 Å². The molecule has 1 saturated carbocycles. The molecular weight excluding hydrogens is 308 g/mol. The summed E-state index contributed by atoms with van der Waals surface area (Å²) in [4.78, 5) is 10.6. The Hall–Kier alpha value is -0.910. The summed E-state index contributed by atoms with van der Waals surface area (Å²) in [7, 11) is 0. The SMILES string of the molecule is C[C@@H]1CC[C@H]2C(=C[C@@H](O)[C@H](C)[C@@H]2CC[C@H](O)C[C@@H](O)CC(=O)O)C1. The maximum Gasteiger partial charge on any atom is 0.305 e. The minimum Gasteiger partial charge on any atom is -0.481 e. The van der Waals surface area contributed by atoms with E-state index in [-0.39, 0.29) is 18.8 Å². The number of hydrogen-bond donors (Lipinski definition) is 4. The van der Waals surface area contributed by atoms with Gasteiger partial charge in [-0.1, -0.05) is 25.5 Å². The third kappa shape index (κ3) is 5.04. The van der Waals surface area contributed by atoms with Gasteiger partial charge in [-0.2, -0.15) is 0 Å². The van der Waals surface area contributed by atoms with E-state index in [0.717, 1.165) is 19.3 Å². The van der Waals surface area contributed by atoms with E-state index in [2.05, 4.69) is 19.9 Å². The van der Waals surface area contributed by atoms with Gasteiger partial charge in [0.15, 0.2) is 0 Å². The Labute approximate surface area is 144 Å². The molecule has 138 valence electrons. The number of carbonyl (C=O) groups is 1. The molecule has 0 aliphatic heterocycles. The molecule has 7 atom stereocenters. The topological polar surface area (TPSA) is 98.0 Å². The van der Waals surface area contributed by atoms with Crippen LogP contribution in [0, 0.1) is 23.7 Å². The minimum atomic E-state index is -1.05. The van der Waals surface area contributed by atoms with Crippen LogP contribution in [0.4, 0.5) is 0 Å². The highest BCUT2D eigenvalue weighted by Gasteiger charge is 2.39. The first-order valence-corrected chi connectivity index (χ1v) is 9.24. The molecule has 5 nitrogen and oxygen atoms in total. The van der Waals surface area contributed by atoms with Gasteiger partial charge >= 0.3 is 5.97 Å². The first-order valence-electron chi connectivity index (χ1n) is 9.24. The second-order valence-electron chi connectivity index (χ2n) is 7.97. The largest absolute Gasteiger partial charge is 0.481 e. The van der Waals surface area contributed by atoms with Gasteiger partial charge in [0.1, 0.15) is 0 Å². The van der Waals surface area contributed by atoms with Gasteiger partial charge in [-0.3, -0.25) is 4.79 Å². The molecule has 0 aromatic heterocycles. The first-order chi connectivity index (χ1) is 11.3. The predicted molar refractivity (Wildman–Crippen MR) is 91.4 cm³/mol. The molecule has 0 spiro atoms. The summed E-state index contributed by atoms with van der Waals surface area (Å²) >= 11 is 0. The van der Waals surface area contributed by atoms with Crippen molar-refractivity contribution in [3.8, 4) is 0 Å². The van der Waals surface area contributed by atoms with Gasteiger partial charge in [-0.05, 0) is 62.2 Å². The van der Waals surface area contributed by atoms with Crippen LogP contribution >= 0.6 is 0 Å². The van der Waals surface area contributed by atoms with Crippen molar-refractivity contribution in [2.45, 2.75) is 77.1 Å². The number of hydrogen-bond acceptors (Lipinski definition) is 4. The number of aliphatic carboxylic acids is 1. The summed E-state index contributed by atoms with van der Waals surface area (Å²) in [5.41, 5.74) is 1.38. The van der Waals surface area contributed by atoms with Crippen molar-refractivity contribution >= 4 is 5.97 Å². The van der Waals surface area contributed by atoms with Crippen LogP contribution in [-0.4, -0.2) is 44.7 Å². The maximum absolute atomic E-state index is 10.6. The number of allylic oxidation sites excluding steroid dienone is 1. The second-order valence-corrected chi connectivity index (χ2v) is 7.97. The van der Waals surface area contributed by atoms with Crippen molar-refractivity contribution in [2.75, 3.05) is 0 Å². The van der Waals surface area contributed by atoms with Gasteiger partial charge < -0.3 is 20.4 Å². The van der Waals surface area contributed by atoms with Crippen LogP contribution < -0.4 is 0 Å². The molecule has 2 aliphatic rings. The third-order valence-electron chi connectivity index (χ3n) is 5.93. The zero-order valence-corrected chi connectivity index (χ0v) is 14.8. The highest BCUT2D eigenvalue weighted by Crippen LogP contribution is 2.46. The fraction of sp³-hybridized carbons (Fsp3) is 0.842. The van der Waals surface area contributed by atoms with E-state index >= 15 is 0 Å². The van der Waals surface area contributed by atoms with Gasteiger partial charge in [0.2, 0.25) is 0 Å². The lowest BCUT2D eigenvalue weighted by Gasteiger charge is -2.43. The molecule has 0 radical (unpaired) electrons. The van der Waals surface area contributed by atoms with Crippen LogP contribution in [0.5, 0.6) is 0 Å². The summed E-state index contributed by atoms with van der Waals surface area (Å²) in [5, 5.41) is 38.8. The van der Waals surface area contributed by atoms with E-state index in [1.165, 1.54) is 12.0 Å². The second kappa shape index (κ2) is 8.45. The molecule has 0 amide bonds. The number of rotatable bonds is 7. The molecule has 0 saturated heterocycles. The Kier molecular flexibility index (Phi) is 6.84. The fourth-order valence-electron chi connectivity index (χ4n) is 4.54. The number of aliphatic hydroxyl groups is 3. The average Bonchev–Trinajstić information content (AvgIpc) is 2.46. The molecule has 5 heteroatoms. The molecule has 0 aromatic carbocycles. The predicted octanol–water partition coefficient (Wildman–Crippen LogP) is 2.34. The van der Waals surface area contributed by atoms with Crippen LogP contribution in [-0.2, 0) is 4.79 Å². The van der Waals surface area contributed by atoms with Gasteiger partial charge in [0, 0.05) is 0 Å². The molecule has 2 rings (SSSR count). The van der Waals surface area contributed by atoms with Crippen molar-refractivity contribution in [2.24, 2.45) is 23.7 Å².